The van der Waals surface area contributed by atoms with Gasteiger partial charge in [0.25, 0.3) is 10.0 Å². The molecule has 3 rings (SSSR count). The van der Waals surface area contributed by atoms with E-state index < -0.39 is 10.0 Å². The van der Waals surface area contributed by atoms with Crippen LogP contribution in [0.2, 0.25) is 0 Å². The number of hydrogen-bond acceptors (Lipinski definition) is 2. The third-order valence-corrected chi connectivity index (χ3v) is 6.14. The van der Waals surface area contributed by atoms with Crippen molar-refractivity contribution in [3.05, 3.63) is 96.1 Å². The fourth-order valence-electron chi connectivity index (χ4n) is 2.84. The Bertz CT molecular complexity index is 921. The van der Waals surface area contributed by atoms with Crippen molar-refractivity contribution in [3.8, 4) is 0 Å². The van der Waals surface area contributed by atoms with Crippen LogP contribution in [0, 0.1) is 6.92 Å². The molecular formula is C21H21NO2S. The van der Waals surface area contributed by atoms with E-state index in [0.29, 0.717) is 10.6 Å². The first-order chi connectivity index (χ1) is 12.0. The molecule has 1 atom stereocenters. The Kier molecular flexibility index (Phi) is 4.91. The predicted molar refractivity (Wildman–Crippen MR) is 102 cm³/mol. The van der Waals surface area contributed by atoms with Crippen molar-refractivity contribution in [2.75, 3.05) is 4.31 Å². The van der Waals surface area contributed by atoms with E-state index in [4.69, 9.17) is 0 Å². The van der Waals surface area contributed by atoms with Gasteiger partial charge in [-0.3, -0.25) is 4.31 Å². The lowest BCUT2D eigenvalue weighted by Gasteiger charge is -2.31. The van der Waals surface area contributed by atoms with Crippen LogP contribution in [-0.2, 0) is 10.0 Å². The van der Waals surface area contributed by atoms with Crippen molar-refractivity contribution in [1.82, 2.24) is 0 Å². The lowest BCUT2D eigenvalue weighted by atomic mass is 10.1. The highest BCUT2D eigenvalue weighted by Gasteiger charge is 2.30. The van der Waals surface area contributed by atoms with E-state index in [2.05, 4.69) is 0 Å². The lowest BCUT2D eigenvalue weighted by molar-refractivity contribution is 0.583. The highest BCUT2D eigenvalue weighted by atomic mass is 32.2. The van der Waals surface area contributed by atoms with Gasteiger partial charge in [-0.15, -0.1) is 0 Å². The largest absolute Gasteiger partial charge is 0.264 e. The van der Waals surface area contributed by atoms with Crippen LogP contribution in [0.5, 0.6) is 0 Å². The van der Waals surface area contributed by atoms with Crippen molar-refractivity contribution in [2.24, 2.45) is 0 Å². The molecule has 4 heteroatoms. The third kappa shape index (κ3) is 3.59. The van der Waals surface area contributed by atoms with Gasteiger partial charge < -0.3 is 0 Å². The fourth-order valence-corrected chi connectivity index (χ4v) is 4.50. The van der Waals surface area contributed by atoms with Crippen molar-refractivity contribution in [1.29, 1.82) is 0 Å². The van der Waals surface area contributed by atoms with Crippen molar-refractivity contribution in [2.45, 2.75) is 24.8 Å². The molecule has 0 aromatic heterocycles. The van der Waals surface area contributed by atoms with Gasteiger partial charge in [0.15, 0.2) is 0 Å². The second-order valence-corrected chi connectivity index (χ2v) is 7.85. The van der Waals surface area contributed by atoms with Crippen LogP contribution in [0.25, 0.3) is 0 Å². The summed E-state index contributed by atoms with van der Waals surface area (Å²) in [5, 5.41) is 0. The molecule has 0 spiro atoms. The van der Waals surface area contributed by atoms with Gasteiger partial charge in [0.05, 0.1) is 16.6 Å². The number of rotatable bonds is 5. The highest BCUT2D eigenvalue weighted by molar-refractivity contribution is 7.92. The van der Waals surface area contributed by atoms with E-state index in [-0.39, 0.29) is 6.04 Å². The lowest BCUT2D eigenvalue weighted by Crippen LogP contribution is -2.33. The molecule has 3 nitrogen and oxygen atoms in total. The normalized spacial score (nSPS) is 12.6. The molecule has 0 saturated carbocycles. The Morgan fingerprint density at radius 1 is 0.760 bits per heavy atom. The summed E-state index contributed by atoms with van der Waals surface area (Å²) in [6, 6.07) is 25.5. The van der Waals surface area contributed by atoms with E-state index in [0.717, 1.165) is 11.1 Å². The minimum atomic E-state index is -3.68. The van der Waals surface area contributed by atoms with E-state index >= 15 is 0 Å². The van der Waals surface area contributed by atoms with Gasteiger partial charge in [-0.1, -0.05) is 66.2 Å². The topological polar surface area (TPSA) is 37.4 Å². The number of hydrogen-bond donors (Lipinski definition) is 0. The quantitative estimate of drug-likeness (QED) is 0.652. The van der Waals surface area contributed by atoms with Crippen molar-refractivity contribution >= 4 is 15.7 Å². The van der Waals surface area contributed by atoms with Crippen LogP contribution in [0.3, 0.4) is 0 Å². The monoisotopic (exact) mass is 351 g/mol. The fraction of sp³-hybridized carbons (Fsp3) is 0.143. The Morgan fingerprint density at radius 2 is 1.28 bits per heavy atom. The molecule has 0 unspecified atom stereocenters. The van der Waals surface area contributed by atoms with E-state index in [1.807, 2.05) is 74.5 Å². The zero-order valence-corrected chi connectivity index (χ0v) is 15.1. The Labute approximate surface area is 149 Å². The van der Waals surface area contributed by atoms with Crippen molar-refractivity contribution in [3.63, 3.8) is 0 Å². The summed E-state index contributed by atoms with van der Waals surface area (Å²) in [7, 11) is -3.68. The average Bonchev–Trinajstić information content (AvgIpc) is 2.65. The number of anilines is 1. The molecule has 128 valence electrons. The summed E-state index contributed by atoms with van der Waals surface area (Å²) in [5.41, 5.74) is 2.70. The van der Waals surface area contributed by atoms with Gasteiger partial charge in [0.2, 0.25) is 0 Å². The number of sulfonamides is 1. The molecule has 0 aliphatic carbocycles. The second-order valence-electron chi connectivity index (χ2n) is 6.04. The van der Waals surface area contributed by atoms with Crippen LogP contribution >= 0.6 is 0 Å². The molecule has 0 N–H and O–H groups in total. The molecule has 0 saturated heterocycles. The van der Waals surface area contributed by atoms with Crippen LogP contribution in [0.4, 0.5) is 5.69 Å². The van der Waals surface area contributed by atoms with Crippen LogP contribution in [0.15, 0.2) is 89.8 Å². The Hall–Kier alpha value is -2.59. The maximum absolute atomic E-state index is 13.4. The minimum absolute atomic E-state index is 0.290. The minimum Gasteiger partial charge on any atom is -0.259 e. The molecule has 3 aromatic rings. The number of aryl methyl sites for hydroxylation is 1. The summed E-state index contributed by atoms with van der Waals surface area (Å²) in [5.74, 6) is 0. The molecule has 0 radical (unpaired) electrons. The molecule has 0 aliphatic heterocycles. The van der Waals surface area contributed by atoms with Crippen LogP contribution in [-0.4, -0.2) is 8.42 Å². The predicted octanol–water partition coefficient (Wildman–Crippen LogP) is 4.95. The average molecular weight is 351 g/mol. The first-order valence-electron chi connectivity index (χ1n) is 8.21. The molecule has 0 heterocycles. The van der Waals surface area contributed by atoms with Crippen LogP contribution < -0.4 is 4.31 Å². The van der Waals surface area contributed by atoms with Gasteiger partial charge >= 0.3 is 0 Å². The summed E-state index contributed by atoms with van der Waals surface area (Å²) < 4.78 is 28.2. The standard InChI is InChI=1S/C21H21NO2S/c1-17-13-15-20(16-14-17)22(18(2)19-9-5-3-6-10-19)25(23,24)21-11-7-4-8-12-21/h3-16,18H,1-2H3/t18-/m1/s1. The maximum Gasteiger partial charge on any atom is 0.264 e. The molecule has 0 amide bonds. The van der Waals surface area contributed by atoms with Crippen molar-refractivity contribution < 1.29 is 8.42 Å². The molecule has 0 bridgehead atoms. The smallest absolute Gasteiger partial charge is 0.259 e. The maximum atomic E-state index is 13.4. The molecule has 0 fully saturated rings. The van der Waals surface area contributed by atoms with E-state index in [1.54, 1.807) is 24.3 Å². The summed E-state index contributed by atoms with van der Waals surface area (Å²) in [4.78, 5) is 0.290. The SMILES string of the molecule is Cc1ccc(N([C@H](C)c2ccccc2)S(=O)(=O)c2ccccc2)cc1. The third-order valence-electron chi connectivity index (χ3n) is 4.22. The number of benzene rings is 3. The highest BCUT2D eigenvalue weighted by Crippen LogP contribution is 2.33. The molecule has 25 heavy (non-hydrogen) atoms. The first kappa shape index (κ1) is 17.2. The summed E-state index contributed by atoms with van der Waals surface area (Å²) >= 11 is 0. The first-order valence-corrected chi connectivity index (χ1v) is 9.65. The zero-order chi connectivity index (χ0) is 17.9. The van der Waals surface area contributed by atoms with E-state index in [9.17, 15) is 8.42 Å². The second kappa shape index (κ2) is 7.11. The summed E-state index contributed by atoms with van der Waals surface area (Å²) in [6.45, 7) is 3.90. The van der Waals surface area contributed by atoms with Gasteiger partial charge in [-0.2, -0.15) is 0 Å². The Morgan fingerprint density at radius 3 is 1.84 bits per heavy atom. The molecule has 0 aliphatic rings. The zero-order valence-electron chi connectivity index (χ0n) is 14.3. The van der Waals surface area contributed by atoms with Gasteiger partial charge in [-0.25, -0.2) is 8.42 Å². The van der Waals surface area contributed by atoms with Gasteiger partial charge in [-0.05, 0) is 43.7 Å². The summed E-state index contributed by atoms with van der Waals surface area (Å²) in [6.07, 6.45) is 0. The van der Waals surface area contributed by atoms with Gasteiger partial charge in [0, 0.05) is 0 Å². The van der Waals surface area contributed by atoms with Gasteiger partial charge in [0.1, 0.15) is 0 Å². The van der Waals surface area contributed by atoms with Crippen LogP contribution in [0.1, 0.15) is 24.1 Å². The number of nitrogens with zero attached hydrogens (tertiary/aromatic N) is 1. The Balaban J connectivity index is 2.14. The molecular weight excluding hydrogens is 330 g/mol. The molecule has 3 aromatic carbocycles. The van der Waals surface area contributed by atoms with E-state index in [1.165, 1.54) is 4.31 Å².